The lowest BCUT2D eigenvalue weighted by molar-refractivity contribution is -0.156. The third-order valence-electron chi connectivity index (χ3n) is 3.09. The molecule has 1 amide bonds. The van der Waals surface area contributed by atoms with E-state index in [0.29, 0.717) is 0 Å². The molecule has 108 valence electrons. The molecule has 8 heteroatoms. The number of aliphatic carboxylic acids is 1. The zero-order valence-electron chi connectivity index (χ0n) is 10.6. The standard InChI is InChI=1S/C12H14N2O5S/c15-11(12(16)17)13-6-8-14(9-7-13)20(18,19)10-4-2-1-3-5-10/h1-5H,6-9H2,(H,16,17). The van der Waals surface area contributed by atoms with Crippen molar-refractivity contribution in [2.24, 2.45) is 0 Å². The summed E-state index contributed by atoms with van der Waals surface area (Å²) in [5.74, 6) is -2.52. The second-order valence-corrected chi connectivity index (χ2v) is 6.25. The summed E-state index contributed by atoms with van der Waals surface area (Å²) >= 11 is 0. The van der Waals surface area contributed by atoms with Crippen LogP contribution in [0.5, 0.6) is 0 Å². The number of carboxylic acids is 1. The number of rotatable bonds is 2. The molecule has 1 N–H and O–H groups in total. The topological polar surface area (TPSA) is 95.0 Å². The largest absolute Gasteiger partial charge is 0.474 e. The van der Waals surface area contributed by atoms with E-state index in [-0.39, 0.29) is 31.1 Å². The van der Waals surface area contributed by atoms with Crippen LogP contribution in [0.15, 0.2) is 35.2 Å². The monoisotopic (exact) mass is 298 g/mol. The minimum Gasteiger partial charge on any atom is -0.474 e. The molecular formula is C12H14N2O5S. The van der Waals surface area contributed by atoms with E-state index < -0.39 is 21.9 Å². The summed E-state index contributed by atoms with van der Waals surface area (Å²) in [4.78, 5) is 23.2. The average molecular weight is 298 g/mol. The van der Waals surface area contributed by atoms with Gasteiger partial charge in [-0.15, -0.1) is 0 Å². The smallest absolute Gasteiger partial charge is 0.394 e. The van der Waals surface area contributed by atoms with E-state index >= 15 is 0 Å². The summed E-state index contributed by atoms with van der Waals surface area (Å²) in [5, 5.41) is 8.61. The van der Waals surface area contributed by atoms with E-state index in [1.165, 1.54) is 16.4 Å². The van der Waals surface area contributed by atoms with Crippen LogP contribution in [0, 0.1) is 0 Å². The van der Waals surface area contributed by atoms with E-state index in [0.717, 1.165) is 4.90 Å². The predicted octanol–water partition coefficient (Wildman–Crippen LogP) is -0.396. The van der Waals surface area contributed by atoms with Crippen LogP contribution in [-0.2, 0) is 19.6 Å². The molecule has 7 nitrogen and oxygen atoms in total. The SMILES string of the molecule is O=C(O)C(=O)N1CCN(S(=O)(=O)c2ccccc2)CC1. The maximum Gasteiger partial charge on any atom is 0.394 e. The Bertz CT molecular complexity index is 606. The molecule has 20 heavy (non-hydrogen) atoms. The van der Waals surface area contributed by atoms with Gasteiger partial charge in [-0.2, -0.15) is 4.31 Å². The highest BCUT2D eigenvalue weighted by molar-refractivity contribution is 7.89. The number of benzene rings is 1. The Hall–Kier alpha value is -1.93. The highest BCUT2D eigenvalue weighted by Crippen LogP contribution is 2.17. The average Bonchev–Trinajstić information content (AvgIpc) is 2.47. The number of piperazine rings is 1. The number of nitrogens with zero attached hydrogens (tertiary/aromatic N) is 2. The summed E-state index contributed by atoms with van der Waals surface area (Å²) < 4.78 is 25.9. The number of hydrogen-bond acceptors (Lipinski definition) is 4. The molecule has 1 aliphatic heterocycles. The zero-order valence-corrected chi connectivity index (χ0v) is 11.4. The number of carboxylic acid groups (broad SMARTS) is 1. The summed E-state index contributed by atoms with van der Waals surface area (Å²) in [5.41, 5.74) is 0. The molecule has 0 aromatic heterocycles. The van der Waals surface area contributed by atoms with Gasteiger partial charge < -0.3 is 10.0 Å². The molecule has 0 atom stereocenters. The lowest BCUT2D eigenvalue weighted by Gasteiger charge is -2.33. The number of amides is 1. The van der Waals surface area contributed by atoms with Gasteiger partial charge in [0.1, 0.15) is 0 Å². The van der Waals surface area contributed by atoms with Crippen LogP contribution in [0.4, 0.5) is 0 Å². The second kappa shape index (κ2) is 5.59. The Balaban J connectivity index is 2.08. The first-order valence-electron chi connectivity index (χ1n) is 6.00. The van der Waals surface area contributed by atoms with Crippen molar-refractivity contribution in [3.8, 4) is 0 Å². The lowest BCUT2D eigenvalue weighted by atomic mass is 10.3. The fourth-order valence-electron chi connectivity index (χ4n) is 2.01. The molecule has 0 spiro atoms. The van der Waals surface area contributed by atoms with E-state index in [1.807, 2.05) is 0 Å². The minimum atomic E-state index is -3.58. The molecule has 1 aliphatic rings. The van der Waals surface area contributed by atoms with Crippen LogP contribution in [0.25, 0.3) is 0 Å². The summed E-state index contributed by atoms with van der Waals surface area (Å²) in [6.45, 7) is 0.348. The van der Waals surface area contributed by atoms with Gasteiger partial charge in [-0.25, -0.2) is 13.2 Å². The van der Waals surface area contributed by atoms with E-state index in [2.05, 4.69) is 0 Å². The highest BCUT2D eigenvalue weighted by Gasteiger charge is 2.31. The molecule has 0 saturated carbocycles. The van der Waals surface area contributed by atoms with Crippen LogP contribution < -0.4 is 0 Å². The second-order valence-electron chi connectivity index (χ2n) is 4.31. The Labute approximate surface area is 116 Å². The highest BCUT2D eigenvalue weighted by atomic mass is 32.2. The van der Waals surface area contributed by atoms with Gasteiger partial charge in [0.2, 0.25) is 10.0 Å². The number of carbonyl (C=O) groups is 2. The first-order chi connectivity index (χ1) is 9.43. The van der Waals surface area contributed by atoms with Crippen LogP contribution >= 0.6 is 0 Å². The lowest BCUT2D eigenvalue weighted by Crippen LogP contribution is -2.52. The third-order valence-corrected chi connectivity index (χ3v) is 5.00. The van der Waals surface area contributed by atoms with Crippen LogP contribution in [0.3, 0.4) is 0 Å². The maximum absolute atomic E-state index is 12.3. The molecule has 1 heterocycles. The quantitative estimate of drug-likeness (QED) is 0.750. The Morgan fingerprint density at radius 3 is 2.05 bits per heavy atom. The number of carbonyl (C=O) groups excluding carboxylic acids is 1. The fourth-order valence-corrected chi connectivity index (χ4v) is 3.45. The van der Waals surface area contributed by atoms with Gasteiger partial charge in [0, 0.05) is 26.2 Å². The Morgan fingerprint density at radius 2 is 1.55 bits per heavy atom. The van der Waals surface area contributed by atoms with Crippen molar-refractivity contribution >= 4 is 21.9 Å². The van der Waals surface area contributed by atoms with Crippen molar-refractivity contribution in [1.82, 2.24) is 9.21 Å². The van der Waals surface area contributed by atoms with Gasteiger partial charge >= 0.3 is 11.9 Å². The molecule has 0 radical (unpaired) electrons. The maximum atomic E-state index is 12.3. The Morgan fingerprint density at radius 1 is 1.00 bits per heavy atom. The van der Waals surface area contributed by atoms with Crippen molar-refractivity contribution in [3.63, 3.8) is 0 Å². The summed E-state index contributed by atoms with van der Waals surface area (Å²) in [6, 6.07) is 8.00. The zero-order chi connectivity index (χ0) is 14.8. The number of sulfonamides is 1. The predicted molar refractivity (Wildman–Crippen MR) is 69.4 cm³/mol. The van der Waals surface area contributed by atoms with E-state index in [9.17, 15) is 18.0 Å². The van der Waals surface area contributed by atoms with Crippen molar-refractivity contribution in [2.75, 3.05) is 26.2 Å². The van der Waals surface area contributed by atoms with Gasteiger partial charge in [0.05, 0.1) is 4.90 Å². The number of hydrogen-bond donors (Lipinski definition) is 1. The molecule has 0 bridgehead atoms. The summed E-state index contributed by atoms with van der Waals surface area (Å²) in [7, 11) is -3.58. The normalized spacial score (nSPS) is 16.9. The molecule has 1 aromatic carbocycles. The van der Waals surface area contributed by atoms with Crippen molar-refractivity contribution in [2.45, 2.75) is 4.90 Å². The molecular weight excluding hydrogens is 284 g/mol. The van der Waals surface area contributed by atoms with Crippen molar-refractivity contribution < 1.29 is 23.1 Å². The molecule has 1 fully saturated rings. The summed E-state index contributed by atoms with van der Waals surface area (Å²) in [6.07, 6.45) is 0. The Kier molecular flexibility index (Phi) is 4.05. The molecule has 2 rings (SSSR count). The van der Waals surface area contributed by atoms with Gasteiger partial charge in [0.25, 0.3) is 0 Å². The minimum absolute atomic E-state index is 0.0806. The first-order valence-corrected chi connectivity index (χ1v) is 7.44. The molecule has 0 unspecified atom stereocenters. The van der Waals surface area contributed by atoms with Gasteiger partial charge in [-0.05, 0) is 12.1 Å². The van der Waals surface area contributed by atoms with Crippen molar-refractivity contribution in [1.29, 1.82) is 0 Å². The van der Waals surface area contributed by atoms with Crippen molar-refractivity contribution in [3.05, 3.63) is 30.3 Å². The third kappa shape index (κ3) is 2.81. The van der Waals surface area contributed by atoms with Crippen LogP contribution in [-0.4, -0.2) is 60.8 Å². The first kappa shape index (κ1) is 14.5. The van der Waals surface area contributed by atoms with Crippen LogP contribution in [0.2, 0.25) is 0 Å². The van der Waals surface area contributed by atoms with Gasteiger partial charge in [-0.1, -0.05) is 18.2 Å². The molecule has 0 aliphatic carbocycles. The van der Waals surface area contributed by atoms with Gasteiger partial charge in [-0.3, -0.25) is 4.79 Å². The molecule has 1 saturated heterocycles. The fraction of sp³-hybridized carbons (Fsp3) is 0.333. The van der Waals surface area contributed by atoms with E-state index in [1.54, 1.807) is 18.2 Å². The van der Waals surface area contributed by atoms with Gasteiger partial charge in [0.15, 0.2) is 0 Å². The molecule has 1 aromatic rings. The van der Waals surface area contributed by atoms with E-state index in [4.69, 9.17) is 5.11 Å². The van der Waals surface area contributed by atoms with Crippen LogP contribution in [0.1, 0.15) is 0 Å².